The molecule has 1 fully saturated rings. The highest BCUT2D eigenvalue weighted by molar-refractivity contribution is 7.85. The predicted octanol–water partition coefficient (Wildman–Crippen LogP) is 2.33. The molecule has 0 spiro atoms. The standard InChI is InChI=1S/C27H35N3O8S/c1-26(2,3)38-25(33)30-27(11-13-37-14-12-27)24(32)29-22(23(28)31)16-18-7-9-20(10-8-18)21-6-4-5-19(15-21)17-39(34,35)36/h4-10,15,22H,11-14,16-17H2,1-3H3,(H2,28,31)(H,29,32)(H,30,33)(H,34,35,36). The molecule has 0 radical (unpaired) electrons. The lowest BCUT2D eigenvalue weighted by molar-refractivity contribution is -0.135. The van der Waals surface area contributed by atoms with Gasteiger partial charge in [-0.2, -0.15) is 8.42 Å². The fourth-order valence-corrected chi connectivity index (χ4v) is 4.87. The Balaban J connectivity index is 1.73. The number of benzene rings is 2. The van der Waals surface area contributed by atoms with Crippen molar-refractivity contribution in [1.29, 1.82) is 0 Å². The average Bonchev–Trinajstić information content (AvgIpc) is 2.82. The molecule has 1 atom stereocenters. The number of alkyl carbamates (subject to hydrolysis) is 1. The van der Waals surface area contributed by atoms with E-state index in [9.17, 15) is 22.8 Å². The van der Waals surface area contributed by atoms with Crippen LogP contribution in [0.5, 0.6) is 0 Å². The SMILES string of the molecule is CC(C)(C)OC(=O)NC1(C(=O)NC(Cc2ccc(-c3cccc(CS(=O)(=O)O)c3)cc2)C(N)=O)CCOCC1. The molecule has 1 aliphatic heterocycles. The van der Waals surface area contributed by atoms with Gasteiger partial charge in [-0.25, -0.2) is 4.79 Å². The Morgan fingerprint density at radius 2 is 1.69 bits per heavy atom. The monoisotopic (exact) mass is 561 g/mol. The second-order valence-corrected chi connectivity index (χ2v) is 12.0. The normalized spacial score (nSPS) is 16.1. The molecular formula is C27H35N3O8S. The van der Waals surface area contributed by atoms with Crippen molar-refractivity contribution in [3.63, 3.8) is 0 Å². The number of ether oxygens (including phenoxy) is 2. The molecule has 39 heavy (non-hydrogen) atoms. The molecule has 3 amide bonds. The highest BCUT2D eigenvalue weighted by Gasteiger charge is 2.43. The third kappa shape index (κ3) is 9.05. The summed E-state index contributed by atoms with van der Waals surface area (Å²) in [6, 6.07) is 12.9. The first kappa shape index (κ1) is 30.1. The van der Waals surface area contributed by atoms with E-state index in [0.29, 0.717) is 5.56 Å². The summed E-state index contributed by atoms with van der Waals surface area (Å²) < 4.78 is 42.3. The largest absolute Gasteiger partial charge is 0.444 e. The number of rotatable bonds is 9. The molecule has 12 heteroatoms. The highest BCUT2D eigenvalue weighted by Crippen LogP contribution is 2.24. The van der Waals surface area contributed by atoms with Gasteiger partial charge in [0.2, 0.25) is 11.8 Å². The smallest absolute Gasteiger partial charge is 0.408 e. The summed E-state index contributed by atoms with van der Waals surface area (Å²) >= 11 is 0. The quantitative estimate of drug-likeness (QED) is 0.337. The van der Waals surface area contributed by atoms with Gasteiger partial charge in [0.25, 0.3) is 10.1 Å². The minimum absolute atomic E-state index is 0.114. The van der Waals surface area contributed by atoms with Crippen molar-refractivity contribution < 1.29 is 36.8 Å². The summed E-state index contributed by atoms with van der Waals surface area (Å²) in [5.41, 5.74) is 6.25. The number of primary amides is 1. The van der Waals surface area contributed by atoms with Crippen LogP contribution in [0.15, 0.2) is 48.5 Å². The predicted molar refractivity (Wildman–Crippen MR) is 144 cm³/mol. The van der Waals surface area contributed by atoms with Gasteiger partial charge >= 0.3 is 6.09 Å². The molecule has 3 rings (SSSR count). The Bertz CT molecular complexity index is 1300. The second-order valence-electron chi connectivity index (χ2n) is 10.6. The zero-order valence-corrected chi connectivity index (χ0v) is 23.0. The summed E-state index contributed by atoms with van der Waals surface area (Å²) in [7, 11) is -4.16. The fourth-order valence-electron chi connectivity index (χ4n) is 4.27. The van der Waals surface area contributed by atoms with E-state index in [1.54, 1.807) is 69.3 Å². The zero-order chi connectivity index (χ0) is 28.8. The van der Waals surface area contributed by atoms with Crippen molar-refractivity contribution >= 4 is 28.0 Å². The minimum Gasteiger partial charge on any atom is -0.444 e. The maximum atomic E-state index is 13.4. The molecule has 0 aliphatic carbocycles. The van der Waals surface area contributed by atoms with Crippen LogP contribution >= 0.6 is 0 Å². The van der Waals surface area contributed by atoms with Crippen LogP contribution in [0.3, 0.4) is 0 Å². The van der Waals surface area contributed by atoms with E-state index >= 15 is 0 Å². The molecule has 2 aromatic carbocycles. The Morgan fingerprint density at radius 3 is 2.26 bits per heavy atom. The van der Waals surface area contributed by atoms with Gasteiger partial charge in [-0.3, -0.25) is 14.1 Å². The lowest BCUT2D eigenvalue weighted by atomic mass is 9.88. The Labute approximate surface area is 228 Å². The maximum Gasteiger partial charge on any atom is 0.408 e. The first-order valence-electron chi connectivity index (χ1n) is 12.5. The van der Waals surface area contributed by atoms with Crippen molar-refractivity contribution in [1.82, 2.24) is 10.6 Å². The Kier molecular flexibility index (Phi) is 9.36. The van der Waals surface area contributed by atoms with Crippen LogP contribution in [0.2, 0.25) is 0 Å². The molecule has 212 valence electrons. The van der Waals surface area contributed by atoms with Gasteiger partial charge in [-0.15, -0.1) is 0 Å². The van der Waals surface area contributed by atoms with Gasteiger partial charge < -0.3 is 25.8 Å². The third-order valence-electron chi connectivity index (χ3n) is 6.17. The van der Waals surface area contributed by atoms with E-state index in [2.05, 4.69) is 10.6 Å². The minimum atomic E-state index is -4.16. The molecule has 5 N–H and O–H groups in total. The zero-order valence-electron chi connectivity index (χ0n) is 22.2. The van der Waals surface area contributed by atoms with Gasteiger partial charge in [-0.05, 0) is 43.0 Å². The summed E-state index contributed by atoms with van der Waals surface area (Å²) in [5, 5.41) is 5.38. The van der Waals surface area contributed by atoms with Crippen molar-refractivity contribution in [2.24, 2.45) is 5.73 Å². The van der Waals surface area contributed by atoms with Gasteiger partial charge in [0.1, 0.15) is 22.9 Å². The van der Waals surface area contributed by atoms with Crippen LogP contribution in [0, 0.1) is 0 Å². The average molecular weight is 562 g/mol. The number of hydrogen-bond donors (Lipinski definition) is 4. The summed E-state index contributed by atoms with van der Waals surface area (Å²) in [6.07, 6.45) is -0.223. The molecule has 11 nitrogen and oxygen atoms in total. The molecule has 0 aromatic heterocycles. The van der Waals surface area contributed by atoms with Crippen LogP contribution in [-0.4, -0.2) is 61.3 Å². The van der Waals surface area contributed by atoms with Crippen LogP contribution < -0.4 is 16.4 Å². The van der Waals surface area contributed by atoms with Crippen molar-refractivity contribution in [2.75, 3.05) is 13.2 Å². The van der Waals surface area contributed by atoms with E-state index < -0.39 is 51.0 Å². The molecule has 1 aliphatic rings. The van der Waals surface area contributed by atoms with Crippen molar-refractivity contribution in [3.8, 4) is 11.1 Å². The molecular weight excluding hydrogens is 526 g/mol. The maximum absolute atomic E-state index is 13.4. The number of carbonyl (C=O) groups excluding carboxylic acids is 3. The second kappa shape index (κ2) is 12.1. The lowest BCUT2D eigenvalue weighted by Crippen LogP contribution is -2.64. The van der Waals surface area contributed by atoms with Crippen LogP contribution in [0.25, 0.3) is 11.1 Å². The number of nitrogens with two attached hydrogens (primary N) is 1. The number of carbonyl (C=O) groups is 3. The molecule has 0 bridgehead atoms. The van der Waals surface area contributed by atoms with E-state index in [1.807, 2.05) is 0 Å². The Morgan fingerprint density at radius 1 is 1.05 bits per heavy atom. The van der Waals surface area contributed by atoms with Gasteiger partial charge in [0.15, 0.2) is 0 Å². The number of nitrogens with one attached hydrogen (secondary N) is 2. The van der Waals surface area contributed by atoms with Gasteiger partial charge in [0, 0.05) is 32.5 Å². The number of amides is 3. The summed E-state index contributed by atoms with van der Waals surface area (Å²) in [5.74, 6) is -1.77. The van der Waals surface area contributed by atoms with E-state index in [-0.39, 0.29) is 32.5 Å². The van der Waals surface area contributed by atoms with Crippen molar-refractivity contribution in [3.05, 3.63) is 59.7 Å². The fraction of sp³-hybridized carbons (Fsp3) is 0.444. The van der Waals surface area contributed by atoms with Crippen LogP contribution in [0.1, 0.15) is 44.7 Å². The van der Waals surface area contributed by atoms with E-state index in [1.165, 1.54) is 0 Å². The first-order chi connectivity index (χ1) is 18.2. The molecule has 1 unspecified atom stereocenters. The molecule has 0 saturated carbocycles. The molecule has 2 aromatic rings. The number of hydrogen-bond acceptors (Lipinski definition) is 7. The van der Waals surface area contributed by atoms with Crippen molar-refractivity contribution in [2.45, 2.75) is 63.0 Å². The first-order valence-corrected chi connectivity index (χ1v) is 14.1. The van der Waals surface area contributed by atoms with E-state index in [4.69, 9.17) is 19.8 Å². The molecule has 1 saturated heterocycles. The van der Waals surface area contributed by atoms with Crippen LogP contribution in [-0.2, 0) is 41.4 Å². The topological polar surface area (TPSA) is 174 Å². The van der Waals surface area contributed by atoms with E-state index in [0.717, 1.165) is 16.7 Å². The highest BCUT2D eigenvalue weighted by atomic mass is 32.2. The summed E-state index contributed by atoms with van der Waals surface area (Å²) in [4.78, 5) is 38.2. The van der Waals surface area contributed by atoms with Gasteiger partial charge in [-0.1, -0.05) is 48.5 Å². The Hall–Kier alpha value is -3.48. The molecule has 1 heterocycles. The summed E-state index contributed by atoms with van der Waals surface area (Å²) in [6.45, 7) is 5.64. The lowest BCUT2D eigenvalue weighted by Gasteiger charge is -2.37. The van der Waals surface area contributed by atoms with Gasteiger partial charge in [0.05, 0.1) is 0 Å². The third-order valence-corrected chi connectivity index (χ3v) is 6.87. The van der Waals surface area contributed by atoms with Crippen LogP contribution in [0.4, 0.5) is 4.79 Å².